The number of benzene rings is 1. The van der Waals surface area contributed by atoms with Crippen molar-refractivity contribution in [2.75, 3.05) is 6.54 Å². The van der Waals surface area contributed by atoms with Crippen LogP contribution in [-0.2, 0) is 13.5 Å². The minimum Gasteiger partial charge on any atom is -0.309 e. The van der Waals surface area contributed by atoms with Gasteiger partial charge in [0.25, 0.3) is 0 Å². The molecule has 96 valence electrons. The summed E-state index contributed by atoms with van der Waals surface area (Å²) in [7, 11) is 1.87. The zero-order valence-electron chi connectivity index (χ0n) is 10.6. The molecule has 5 heteroatoms. The maximum absolute atomic E-state index is 6.00. The molecule has 0 fully saturated rings. The van der Waals surface area contributed by atoms with Crippen molar-refractivity contribution in [3.63, 3.8) is 0 Å². The van der Waals surface area contributed by atoms with Gasteiger partial charge in [0.05, 0.1) is 11.7 Å². The second-order valence-electron chi connectivity index (χ2n) is 4.26. The molecule has 1 aromatic heterocycles. The smallest absolute Gasteiger partial charge is 0.0999 e. The first kappa shape index (κ1) is 13.1. The number of nitrogens with zero attached hydrogens (tertiary/aromatic N) is 3. The fourth-order valence-electron chi connectivity index (χ4n) is 1.95. The monoisotopic (exact) mass is 264 g/mol. The van der Waals surface area contributed by atoms with Crippen LogP contribution in [0.5, 0.6) is 0 Å². The molecule has 0 saturated carbocycles. The van der Waals surface area contributed by atoms with E-state index in [4.69, 9.17) is 11.6 Å². The van der Waals surface area contributed by atoms with Crippen LogP contribution in [0.15, 0.2) is 30.5 Å². The van der Waals surface area contributed by atoms with Crippen molar-refractivity contribution < 1.29 is 0 Å². The highest BCUT2D eigenvalue weighted by Crippen LogP contribution is 2.18. The highest BCUT2D eigenvalue weighted by Gasteiger charge is 2.14. The maximum Gasteiger partial charge on any atom is 0.0999 e. The van der Waals surface area contributed by atoms with Gasteiger partial charge in [0.2, 0.25) is 0 Å². The lowest BCUT2D eigenvalue weighted by Gasteiger charge is -2.15. The molecule has 0 amide bonds. The molecule has 0 bridgehead atoms. The summed E-state index contributed by atoms with van der Waals surface area (Å²) >= 11 is 6.00. The van der Waals surface area contributed by atoms with Gasteiger partial charge < -0.3 is 5.32 Å². The van der Waals surface area contributed by atoms with Crippen LogP contribution in [0, 0.1) is 0 Å². The van der Waals surface area contributed by atoms with E-state index in [1.165, 1.54) is 5.56 Å². The number of halogens is 1. The third-order valence-electron chi connectivity index (χ3n) is 2.76. The van der Waals surface area contributed by atoms with E-state index in [9.17, 15) is 0 Å². The van der Waals surface area contributed by atoms with Crippen LogP contribution < -0.4 is 5.32 Å². The highest BCUT2D eigenvalue weighted by atomic mass is 35.5. The van der Waals surface area contributed by atoms with E-state index < -0.39 is 0 Å². The largest absolute Gasteiger partial charge is 0.309 e. The lowest BCUT2D eigenvalue weighted by atomic mass is 10.0. The summed E-state index contributed by atoms with van der Waals surface area (Å²) in [6.45, 7) is 2.98. The number of aromatic nitrogens is 3. The van der Waals surface area contributed by atoms with Crippen molar-refractivity contribution in [2.45, 2.75) is 19.4 Å². The average Bonchev–Trinajstić information content (AvgIpc) is 2.75. The molecule has 1 aromatic carbocycles. The molecule has 0 aliphatic heterocycles. The van der Waals surface area contributed by atoms with E-state index in [1.54, 1.807) is 4.68 Å². The molecule has 1 N–H and O–H groups in total. The molecule has 0 aliphatic rings. The molecule has 0 saturated heterocycles. The molecule has 2 aromatic rings. The van der Waals surface area contributed by atoms with E-state index in [1.807, 2.05) is 31.4 Å². The van der Waals surface area contributed by atoms with Gasteiger partial charge in [-0.2, -0.15) is 0 Å². The topological polar surface area (TPSA) is 42.7 Å². The minimum absolute atomic E-state index is 0.169. The highest BCUT2D eigenvalue weighted by molar-refractivity contribution is 6.30. The third kappa shape index (κ3) is 3.31. The average molecular weight is 265 g/mol. The van der Waals surface area contributed by atoms with Gasteiger partial charge in [-0.1, -0.05) is 35.9 Å². The lowest BCUT2D eigenvalue weighted by Crippen LogP contribution is -2.23. The first-order valence-corrected chi connectivity index (χ1v) is 6.41. The Morgan fingerprint density at radius 1 is 1.44 bits per heavy atom. The second kappa shape index (κ2) is 5.98. The molecule has 0 aliphatic carbocycles. The van der Waals surface area contributed by atoms with Gasteiger partial charge >= 0.3 is 0 Å². The van der Waals surface area contributed by atoms with Crippen LogP contribution in [-0.4, -0.2) is 21.5 Å². The SMILES string of the molecule is CCNC(Cc1cccc(Cl)c1)c1cn(C)nn1. The Balaban J connectivity index is 2.16. The number of aryl methyl sites for hydroxylation is 1. The summed E-state index contributed by atoms with van der Waals surface area (Å²) in [5.74, 6) is 0. The second-order valence-corrected chi connectivity index (χ2v) is 4.70. The van der Waals surface area contributed by atoms with Crippen LogP contribution in [0.1, 0.15) is 24.2 Å². The van der Waals surface area contributed by atoms with E-state index in [-0.39, 0.29) is 6.04 Å². The van der Waals surface area contributed by atoms with Gasteiger partial charge in [-0.15, -0.1) is 5.10 Å². The van der Waals surface area contributed by atoms with E-state index in [0.29, 0.717) is 0 Å². The standard InChI is InChI=1S/C13H17ClN4/c1-3-15-12(13-9-18(2)17-16-13)8-10-5-4-6-11(14)7-10/h4-7,9,12,15H,3,8H2,1-2H3. The predicted molar refractivity (Wildman–Crippen MR) is 72.6 cm³/mol. The summed E-state index contributed by atoms with van der Waals surface area (Å²) in [6.07, 6.45) is 2.80. The first-order chi connectivity index (χ1) is 8.69. The number of nitrogens with one attached hydrogen (secondary N) is 1. The lowest BCUT2D eigenvalue weighted by molar-refractivity contribution is 0.535. The Bertz CT molecular complexity index is 509. The van der Waals surface area contributed by atoms with Gasteiger partial charge in [0, 0.05) is 18.3 Å². The van der Waals surface area contributed by atoms with E-state index in [0.717, 1.165) is 23.7 Å². The third-order valence-corrected chi connectivity index (χ3v) is 2.99. The van der Waals surface area contributed by atoms with Crippen molar-refractivity contribution in [3.05, 3.63) is 46.7 Å². The number of hydrogen-bond donors (Lipinski definition) is 1. The summed E-state index contributed by atoms with van der Waals surface area (Å²) in [4.78, 5) is 0. The van der Waals surface area contributed by atoms with E-state index in [2.05, 4.69) is 28.6 Å². The molecule has 1 heterocycles. The molecule has 0 spiro atoms. The van der Waals surface area contributed by atoms with Crippen LogP contribution in [0.25, 0.3) is 0 Å². The Hall–Kier alpha value is -1.39. The summed E-state index contributed by atoms with van der Waals surface area (Å²) < 4.78 is 1.72. The van der Waals surface area contributed by atoms with Gasteiger partial charge in [-0.3, -0.25) is 4.68 Å². The Kier molecular flexibility index (Phi) is 4.33. The van der Waals surface area contributed by atoms with Gasteiger partial charge in [0.1, 0.15) is 0 Å². The van der Waals surface area contributed by atoms with Gasteiger partial charge in [-0.25, -0.2) is 0 Å². The molecule has 1 unspecified atom stereocenters. The van der Waals surface area contributed by atoms with Gasteiger partial charge in [0.15, 0.2) is 0 Å². The van der Waals surface area contributed by atoms with Crippen molar-refractivity contribution in [1.29, 1.82) is 0 Å². The normalized spacial score (nSPS) is 12.6. The Morgan fingerprint density at radius 2 is 2.28 bits per heavy atom. The molecular weight excluding hydrogens is 248 g/mol. The predicted octanol–water partition coefficient (Wildman–Crippen LogP) is 2.36. The van der Waals surface area contributed by atoms with Crippen molar-refractivity contribution in [2.24, 2.45) is 7.05 Å². The van der Waals surface area contributed by atoms with Crippen molar-refractivity contribution in [3.8, 4) is 0 Å². The van der Waals surface area contributed by atoms with Crippen LogP contribution >= 0.6 is 11.6 Å². The fraction of sp³-hybridized carbons (Fsp3) is 0.385. The van der Waals surface area contributed by atoms with Crippen LogP contribution in [0.4, 0.5) is 0 Å². The zero-order chi connectivity index (χ0) is 13.0. The number of rotatable bonds is 5. The zero-order valence-corrected chi connectivity index (χ0v) is 11.4. The molecule has 18 heavy (non-hydrogen) atoms. The molecule has 4 nitrogen and oxygen atoms in total. The summed E-state index contributed by atoms with van der Waals surface area (Å²) in [5.41, 5.74) is 2.15. The van der Waals surface area contributed by atoms with Gasteiger partial charge in [-0.05, 0) is 30.7 Å². The van der Waals surface area contributed by atoms with Crippen LogP contribution in [0.3, 0.4) is 0 Å². The Morgan fingerprint density at radius 3 is 2.89 bits per heavy atom. The first-order valence-electron chi connectivity index (χ1n) is 6.03. The van der Waals surface area contributed by atoms with Crippen LogP contribution in [0.2, 0.25) is 5.02 Å². The summed E-state index contributed by atoms with van der Waals surface area (Å²) in [5, 5.41) is 12.3. The van der Waals surface area contributed by atoms with Crippen molar-refractivity contribution >= 4 is 11.6 Å². The molecular formula is C13H17ClN4. The fourth-order valence-corrected chi connectivity index (χ4v) is 2.17. The number of hydrogen-bond acceptors (Lipinski definition) is 3. The molecule has 0 radical (unpaired) electrons. The maximum atomic E-state index is 6.00. The molecule has 2 rings (SSSR count). The van der Waals surface area contributed by atoms with Crippen molar-refractivity contribution in [1.82, 2.24) is 20.3 Å². The number of likely N-dealkylation sites (N-methyl/N-ethyl adjacent to an activating group) is 1. The quantitative estimate of drug-likeness (QED) is 0.902. The van der Waals surface area contributed by atoms with E-state index >= 15 is 0 Å². The molecule has 1 atom stereocenters. The minimum atomic E-state index is 0.169. The summed E-state index contributed by atoms with van der Waals surface area (Å²) in [6, 6.07) is 8.09. The Labute approximate surface area is 112 Å².